The second kappa shape index (κ2) is 12.8. The Morgan fingerprint density at radius 2 is 1.50 bits per heavy atom. The van der Waals surface area contributed by atoms with Gasteiger partial charge < -0.3 is 30.3 Å². The molecule has 1 aliphatic rings. The van der Waals surface area contributed by atoms with Crippen LogP contribution in [-0.2, 0) is 25.7 Å². The molecule has 0 saturated carbocycles. The normalized spacial score (nSPS) is 15.2. The third-order valence-corrected chi connectivity index (χ3v) is 6.90. The number of hydrogen-bond donors (Lipinski definition) is 4. The van der Waals surface area contributed by atoms with Gasteiger partial charge in [-0.25, -0.2) is 4.79 Å². The van der Waals surface area contributed by atoms with Crippen LogP contribution in [0.4, 0.5) is 4.79 Å². The molecule has 3 aromatic rings. The number of hydrogen-bond acceptors (Lipinski definition) is 6. The minimum atomic E-state index is -1.68. The summed E-state index contributed by atoms with van der Waals surface area (Å²) in [5.41, 5.74) is 3.53. The number of alkyl carbamates (subject to hydrolysis) is 1. The largest absolute Gasteiger partial charge is 0.481 e. The van der Waals surface area contributed by atoms with E-state index in [-0.39, 0.29) is 25.7 Å². The number of fused-ring (bicyclic) bond motifs is 3. The molecule has 2 amide bonds. The topological polar surface area (TPSA) is 134 Å². The van der Waals surface area contributed by atoms with Crippen LogP contribution in [0, 0.1) is 0 Å². The van der Waals surface area contributed by atoms with E-state index >= 15 is 0 Å². The molecule has 9 heteroatoms. The summed E-state index contributed by atoms with van der Waals surface area (Å²) in [6.07, 6.45) is -2.13. The summed E-state index contributed by atoms with van der Waals surface area (Å²) in [6, 6.07) is 24.2. The second-order valence-corrected chi connectivity index (χ2v) is 10.2. The van der Waals surface area contributed by atoms with Crippen molar-refractivity contribution in [3.05, 3.63) is 95.6 Å². The Balaban J connectivity index is 1.43. The second-order valence-electron chi connectivity index (χ2n) is 10.2. The Morgan fingerprint density at radius 3 is 2.10 bits per heavy atom. The van der Waals surface area contributed by atoms with Crippen molar-refractivity contribution < 1.29 is 34.1 Å². The van der Waals surface area contributed by atoms with E-state index in [4.69, 9.17) is 14.6 Å². The summed E-state index contributed by atoms with van der Waals surface area (Å²) < 4.78 is 11.5. The van der Waals surface area contributed by atoms with Crippen molar-refractivity contribution in [1.29, 1.82) is 0 Å². The van der Waals surface area contributed by atoms with E-state index in [2.05, 4.69) is 10.6 Å². The van der Waals surface area contributed by atoms with Gasteiger partial charge in [0.1, 0.15) is 12.6 Å². The number of ether oxygens (including phenoxy) is 2. The van der Waals surface area contributed by atoms with Crippen LogP contribution in [0.1, 0.15) is 42.9 Å². The highest BCUT2D eigenvalue weighted by atomic mass is 16.5. The van der Waals surface area contributed by atoms with Gasteiger partial charge in [0.05, 0.1) is 24.7 Å². The van der Waals surface area contributed by atoms with Crippen LogP contribution in [-0.4, -0.2) is 59.1 Å². The van der Waals surface area contributed by atoms with E-state index in [1.165, 1.54) is 6.92 Å². The number of amides is 2. The van der Waals surface area contributed by atoms with Crippen molar-refractivity contribution in [2.75, 3.05) is 13.2 Å². The van der Waals surface area contributed by atoms with Crippen LogP contribution in [0.25, 0.3) is 11.1 Å². The average Bonchev–Trinajstić information content (AvgIpc) is 3.26. The van der Waals surface area contributed by atoms with Gasteiger partial charge in [-0.15, -0.1) is 0 Å². The van der Waals surface area contributed by atoms with Crippen LogP contribution in [0.2, 0.25) is 0 Å². The van der Waals surface area contributed by atoms with Gasteiger partial charge in [-0.2, -0.15) is 0 Å². The molecule has 0 radical (unpaired) electrons. The standard InChI is InChI=1S/C31H34N2O7/c1-20(39-17-21-10-4-3-5-11-21)28(29(36)32-19-31(2,38)16-27(34)35)33-30(37)40-18-26-24-14-8-6-12-22(24)23-13-7-9-15-25(23)26/h3-15,20,26,28,38H,16-19H2,1-2H3,(H,32,36)(H,33,37)(H,34,35)/t20-,28+,31?/m0/s1. The Hall–Kier alpha value is -4.21. The molecule has 1 aliphatic carbocycles. The zero-order chi connectivity index (χ0) is 28.7. The molecule has 0 heterocycles. The summed E-state index contributed by atoms with van der Waals surface area (Å²) in [4.78, 5) is 37.1. The highest BCUT2D eigenvalue weighted by Crippen LogP contribution is 2.44. The van der Waals surface area contributed by atoms with E-state index in [0.29, 0.717) is 0 Å². The fourth-order valence-electron chi connectivity index (χ4n) is 4.84. The predicted octanol–water partition coefficient (Wildman–Crippen LogP) is 3.84. The lowest BCUT2D eigenvalue weighted by Crippen LogP contribution is -2.55. The van der Waals surface area contributed by atoms with E-state index in [9.17, 15) is 19.5 Å². The van der Waals surface area contributed by atoms with Crippen molar-refractivity contribution in [2.24, 2.45) is 0 Å². The molecule has 3 aromatic carbocycles. The zero-order valence-electron chi connectivity index (χ0n) is 22.5. The molecule has 0 aliphatic heterocycles. The zero-order valence-corrected chi connectivity index (χ0v) is 22.5. The van der Waals surface area contributed by atoms with Crippen molar-refractivity contribution in [1.82, 2.24) is 10.6 Å². The quantitative estimate of drug-likeness (QED) is 0.271. The number of carbonyl (C=O) groups excluding carboxylic acids is 2. The first-order valence-electron chi connectivity index (χ1n) is 13.1. The number of aliphatic carboxylic acids is 1. The van der Waals surface area contributed by atoms with E-state index in [0.717, 1.165) is 27.8 Å². The fourth-order valence-corrected chi connectivity index (χ4v) is 4.84. The van der Waals surface area contributed by atoms with Crippen molar-refractivity contribution in [3.8, 4) is 11.1 Å². The first-order chi connectivity index (χ1) is 19.1. The van der Waals surface area contributed by atoms with Crippen LogP contribution < -0.4 is 10.6 Å². The third-order valence-electron chi connectivity index (χ3n) is 6.90. The van der Waals surface area contributed by atoms with Crippen LogP contribution >= 0.6 is 0 Å². The number of nitrogens with one attached hydrogen (secondary N) is 2. The van der Waals surface area contributed by atoms with Crippen LogP contribution in [0.15, 0.2) is 78.9 Å². The number of benzene rings is 3. The minimum Gasteiger partial charge on any atom is -0.481 e. The molecule has 4 rings (SSSR count). The number of aliphatic hydroxyl groups is 1. The molecule has 1 unspecified atom stereocenters. The predicted molar refractivity (Wildman–Crippen MR) is 149 cm³/mol. The Bertz CT molecular complexity index is 1300. The molecule has 3 atom stereocenters. The number of carboxylic acids is 1. The molecular weight excluding hydrogens is 512 g/mol. The Labute approximate surface area is 233 Å². The van der Waals surface area contributed by atoms with E-state index < -0.39 is 42.1 Å². The van der Waals surface area contributed by atoms with Crippen LogP contribution in [0.3, 0.4) is 0 Å². The van der Waals surface area contributed by atoms with Gasteiger partial charge in [-0.05, 0) is 41.7 Å². The van der Waals surface area contributed by atoms with Crippen molar-refractivity contribution in [3.63, 3.8) is 0 Å². The molecule has 0 saturated heterocycles. The molecular formula is C31H34N2O7. The van der Waals surface area contributed by atoms with Gasteiger partial charge >= 0.3 is 12.1 Å². The van der Waals surface area contributed by atoms with Crippen molar-refractivity contribution in [2.45, 2.75) is 50.5 Å². The monoisotopic (exact) mass is 546 g/mol. The average molecular weight is 547 g/mol. The molecule has 0 spiro atoms. The number of rotatable bonds is 12. The summed E-state index contributed by atoms with van der Waals surface area (Å²) in [7, 11) is 0. The van der Waals surface area contributed by atoms with Crippen LogP contribution in [0.5, 0.6) is 0 Å². The number of carbonyl (C=O) groups is 3. The van der Waals surface area contributed by atoms with Gasteiger partial charge in [0.25, 0.3) is 0 Å². The molecule has 0 aromatic heterocycles. The molecule has 40 heavy (non-hydrogen) atoms. The van der Waals surface area contributed by atoms with Crippen molar-refractivity contribution >= 4 is 18.0 Å². The maximum atomic E-state index is 13.1. The first-order valence-corrected chi connectivity index (χ1v) is 13.1. The smallest absolute Gasteiger partial charge is 0.407 e. The van der Waals surface area contributed by atoms with Gasteiger partial charge in [-0.3, -0.25) is 9.59 Å². The highest BCUT2D eigenvalue weighted by Gasteiger charge is 2.33. The third kappa shape index (κ3) is 7.25. The summed E-state index contributed by atoms with van der Waals surface area (Å²) >= 11 is 0. The minimum absolute atomic E-state index is 0.0702. The molecule has 4 N–H and O–H groups in total. The summed E-state index contributed by atoms with van der Waals surface area (Å²) in [5.74, 6) is -1.99. The highest BCUT2D eigenvalue weighted by molar-refractivity contribution is 5.86. The molecule has 9 nitrogen and oxygen atoms in total. The fraction of sp³-hybridized carbons (Fsp3) is 0.323. The molecule has 210 valence electrons. The molecule has 0 fully saturated rings. The lowest BCUT2D eigenvalue weighted by atomic mass is 9.98. The summed E-state index contributed by atoms with van der Waals surface area (Å²) in [6.45, 7) is 2.90. The van der Waals surface area contributed by atoms with E-state index in [1.807, 2.05) is 78.9 Å². The Kier molecular flexibility index (Phi) is 9.19. The van der Waals surface area contributed by atoms with Gasteiger partial charge in [0, 0.05) is 12.5 Å². The van der Waals surface area contributed by atoms with Gasteiger partial charge in [0.15, 0.2) is 0 Å². The molecule has 0 bridgehead atoms. The summed E-state index contributed by atoms with van der Waals surface area (Å²) in [5, 5.41) is 24.5. The lowest BCUT2D eigenvalue weighted by molar-refractivity contribution is -0.142. The lowest BCUT2D eigenvalue weighted by Gasteiger charge is -2.27. The Morgan fingerprint density at radius 1 is 0.925 bits per heavy atom. The number of carboxylic acid groups (broad SMARTS) is 1. The van der Waals surface area contributed by atoms with E-state index in [1.54, 1.807) is 6.92 Å². The first kappa shape index (κ1) is 28.8. The maximum absolute atomic E-state index is 13.1. The van der Waals surface area contributed by atoms with Gasteiger partial charge in [-0.1, -0.05) is 78.9 Å². The maximum Gasteiger partial charge on any atom is 0.407 e. The SMILES string of the molecule is C[C@H](OCc1ccccc1)[C@@H](NC(=O)OCC1c2ccccc2-c2ccccc21)C(=O)NCC(C)(O)CC(=O)O. The van der Waals surface area contributed by atoms with Gasteiger partial charge in [0.2, 0.25) is 5.91 Å².